The molecule has 3 nitrogen and oxygen atoms in total. The lowest BCUT2D eigenvalue weighted by Crippen LogP contribution is -2.41. The number of rotatable bonds is 4. The molecule has 0 radical (unpaired) electrons. The highest BCUT2D eigenvalue weighted by atomic mass is 79.9. The van der Waals surface area contributed by atoms with E-state index in [1.165, 1.54) is 0 Å². The van der Waals surface area contributed by atoms with Crippen LogP contribution in [0.5, 0.6) is 5.75 Å². The SMILES string of the molecule is O=C(CCBr)N1CCC(Oc2ccccc2)CC1. The van der Waals surface area contributed by atoms with Crippen molar-refractivity contribution >= 4 is 21.8 Å². The van der Waals surface area contributed by atoms with Gasteiger partial charge >= 0.3 is 0 Å². The predicted molar refractivity (Wildman–Crippen MR) is 75.1 cm³/mol. The Morgan fingerprint density at radius 1 is 1.28 bits per heavy atom. The molecule has 1 saturated heterocycles. The van der Waals surface area contributed by atoms with Crippen LogP contribution in [0, 0.1) is 0 Å². The van der Waals surface area contributed by atoms with Gasteiger partial charge in [-0.05, 0) is 12.1 Å². The number of para-hydroxylation sites is 1. The maximum absolute atomic E-state index is 11.7. The molecule has 0 saturated carbocycles. The van der Waals surface area contributed by atoms with Crippen molar-refractivity contribution in [3.05, 3.63) is 30.3 Å². The van der Waals surface area contributed by atoms with Gasteiger partial charge in [-0.3, -0.25) is 4.79 Å². The lowest BCUT2D eigenvalue weighted by Gasteiger charge is -2.32. The highest BCUT2D eigenvalue weighted by molar-refractivity contribution is 9.09. The number of carbonyl (C=O) groups is 1. The number of piperidine rings is 1. The Morgan fingerprint density at radius 3 is 2.56 bits per heavy atom. The monoisotopic (exact) mass is 311 g/mol. The zero-order valence-corrected chi connectivity index (χ0v) is 11.9. The van der Waals surface area contributed by atoms with Crippen molar-refractivity contribution in [1.29, 1.82) is 0 Å². The van der Waals surface area contributed by atoms with Crippen molar-refractivity contribution in [2.45, 2.75) is 25.4 Å². The third-order valence-corrected chi connectivity index (χ3v) is 3.55. The molecule has 0 aromatic heterocycles. The Labute approximate surface area is 116 Å². The summed E-state index contributed by atoms with van der Waals surface area (Å²) in [5.41, 5.74) is 0. The van der Waals surface area contributed by atoms with Crippen molar-refractivity contribution in [2.24, 2.45) is 0 Å². The molecule has 4 heteroatoms. The maximum atomic E-state index is 11.7. The van der Waals surface area contributed by atoms with E-state index in [1.54, 1.807) is 0 Å². The first-order valence-electron chi connectivity index (χ1n) is 6.35. The summed E-state index contributed by atoms with van der Waals surface area (Å²) in [7, 11) is 0. The molecule has 1 amide bonds. The summed E-state index contributed by atoms with van der Waals surface area (Å²) in [6, 6.07) is 9.88. The molecule has 0 N–H and O–H groups in total. The van der Waals surface area contributed by atoms with Crippen LogP contribution in [0.2, 0.25) is 0 Å². The molecule has 18 heavy (non-hydrogen) atoms. The summed E-state index contributed by atoms with van der Waals surface area (Å²) >= 11 is 3.30. The number of amides is 1. The summed E-state index contributed by atoms with van der Waals surface area (Å²) in [5, 5.41) is 0.742. The molecule has 0 spiro atoms. The fourth-order valence-electron chi connectivity index (χ4n) is 2.15. The Bertz CT molecular complexity index is 375. The fraction of sp³-hybridized carbons (Fsp3) is 0.500. The fourth-order valence-corrected chi connectivity index (χ4v) is 2.49. The molecular weight excluding hydrogens is 294 g/mol. The van der Waals surface area contributed by atoms with Gasteiger partial charge in [0.25, 0.3) is 0 Å². The van der Waals surface area contributed by atoms with E-state index in [9.17, 15) is 4.79 Å². The van der Waals surface area contributed by atoms with Crippen LogP contribution >= 0.6 is 15.9 Å². The van der Waals surface area contributed by atoms with Crippen molar-refractivity contribution in [3.8, 4) is 5.75 Å². The number of ether oxygens (including phenoxy) is 1. The summed E-state index contributed by atoms with van der Waals surface area (Å²) in [4.78, 5) is 13.7. The molecular formula is C14H18BrNO2. The third-order valence-electron chi connectivity index (χ3n) is 3.15. The van der Waals surface area contributed by atoms with Gasteiger partial charge in [-0.15, -0.1) is 0 Å². The Balaban J connectivity index is 1.78. The second-order valence-electron chi connectivity index (χ2n) is 4.45. The van der Waals surface area contributed by atoms with Crippen LogP contribution in [-0.2, 0) is 4.79 Å². The Hall–Kier alpha value is -1.03. The van der Waals surface area contributed by atoms with Crippen LogP contribution in [0.3, 0.4) is 0 Å². The Morgan fingerprint density at radius 2 is 1.94 bits per heavy atom. The highest BCUT2D eigenvalue weighted by Gasteiger charge is 2.23. The lowest BCUT2D eigenvalue weighted by atomic mass is 10.1. The molecule has 0 bridgehead atoms. The van der Waals surface area contributed by atoms with Gasteiger partial charge in [0.2, 0.25) is 5.91 Å². The van der Waals surface area contributed by atoms with E-state index < -0.39 is 0 Å². The number of halogens is 1. The van der Waals surface area contributed by atoms with Crippen LogP contribution < -0.4 is 4.74 Å². The first-order chi connectivity index (χ1) is 8.79. The van der Waals surface area contributed by atoms with Gasteiger partial charge in [0.1, 0.15) is 11.9 Å². The number of carbonyl (C=O) groups excluding carboxylic acids is 1. The molecule has 1 aliphatic heterocycles. The standard InChI is InChI=1S/C14H18BrNO2/c15-9-6-14(17)16-10-7-13(8-11-16)18-12-4-2-1-3-5-12/h1-5,13H,6-11H2. The zero-order valence-electron chi connectivity index (χ0n) is 10.3. The van der Waals surface area contributed by atoms with Crippen LogP contribution in [-0.4, -0.2) is 35.3 Å². The quantitative estimate of drug-likeness (QED) is 0.800. The molecule has 1 heterocycles. The second kappa shape index (κ2) is 6.78. The summed E-state index contributed by atoms with van der Waals surface area (Å²) in [6.07, 6.45) is 2.66. The van der Waals surface area contributed by atoms with Gasteiger partial charge in [-0.1, -0.05) is 34.1 Å². The van der Waals surface area contributed by atoms with E-state index in [0.717, 1.165) is 37.0 Å². The molecule has 1 aromatic carbocycles. The normalized spacial score (nSPS) is 16.6. The maximum Gasteiger partial charge on any atom is 0.223 e. The van der Waals surface area contributed by atoms with Gasteiger partial charge in [-0.25, -0.2) is 0 Å². The molecule has 1 aliphatic rings. The van der Waals surface area contributed by atoms with Crippen LogP contribution in [0.25, 0.3) is 0 Å². The first-order valence-corrected chi connectivity index (χ1v) is 7.47. The van der Waals surface area contributed by atoms with E-state index in [-0.39, 0.29) is 12.0 Å². The van der Waals surface area contributed by atoms with Crippen LogP contribution in [0.4, 0.5) is 0 Å². The minimum absolute atomic E-state index is 0.237. The number of benzene rings is 1. The smallest absolute Gasteiger partial charge is 0.223 e. The average molecular weight is 312 g/mol. The van der Waals surface area contributed by atoms with Crippen molar-refractivity contribution in [3.63, 3.8) is 0 Å². The summed E-state index contributed by atoms with van der Waals surface area (Å²) in [5.74, 6) is 1.16. The van der Waals surface area contributed by atoms with Gasteiger partial charge < -0.3 is 9.64 Å². The Kier molecular flexibility index (Phi) is 5.05. The number of likely N-dealkylation sites (tertiary alicyclic amines) is 1. The van der Waals surface area contributed by atoms with E-state index in [0.29, 0.717) is 6.42 Å². The van der Waals surface area contributed by atoms with Crippen LogP contribution in [0.15, 0.2) is 30.3 Å². The topological polar surface area (TPSA) is 29.5 Å². The third kappa shape index (κ3) is 3.73. The minimum Gasteiger partial charge on any atom is -0.490 e. The summed E-state index contributed by atoms with van der Waals surface area (Å²) in [6.45, 7) is 1.62. The van der Waals surface area contributed by atoms with E-state index in [2.05, 4.69) is 15.9 Å². The number of hydrogen-bond donors (Lipinski definition) is 0. The molecule has 1 fully saturated rings. The second-order valence-corrected chi connectivity index (χ2v) is 5.24. The number of hydrogen-bond acceptors (Lipinski definition) is 2. The number of nitrogens with zero attached hydrogens (tertiary/aromatic N) is 1. The van der Waals surface area contributed by atoms with E-state index >= 15 is 0 Å². The number of alkyl halides is 1. The molecule has 0 aliphatic carbocycles. The minimum atomic E-state index is 0.237. The molecule has 0 atom stereocenters. The van der Waals surface area contributed by atoms with Gasteiger partial charge in [0, 0.05) is 37.7 Å². The molecule has 0 unspecified atom stereocenters. The summed E-state index contributed by atoms with van der Waals surface area (Å²) < 4.78 is 5.90. The predicted octanol–water partition coefficient (Wildman–Crippen LogP) is 2.84. The molecule has 98 valence electrons. The lowest BCUT2D eigenvalue weighted by molar-refractivity contribution is -0.132. The van der Waals surface area contributed by atoms with Crippen molar-refractivity contribution in [1.82, 2.24) is 4.90 Å². The zero-order chi connectivity index (χ0) is 12.8. The van der Waals surface area contributed by atoms with Crippen LogP contribution in [0.1, 0.15) is 19.3 Å². The largest absolute Gasteiger partial charge is 0.490 e. The van der Waals surface area contributed by atoms with Crippen molar-refractivity contribution in [2.75, 3.05) is 18.4 Å². The van der Waals surface area contributed by atoms with Gasteiger partial charge in [-0.2, -0.15) is 0 Å². The van der Waals surface area contributed by atoms with E-state index in [1.807, 2.05) is 35.2 Å². The van der Waals surface area contributed by atoms with Gasteiger partial charge in [0.05, 0.1) is 0 Å². The molecule has 2 rings (SSSR count). The van der Waals surface area contributed by atoms with E-state index in [4.69, 9.17) is 4.74 Å². The molecule has 1 aromatic rings. The first kappa shape index (κ1) is 13.4. The average Bonchev–Trinajstić information content (AvgIpc) is 2.41. The highest BCUT2D eigenvalue weighted by Crippen LogP contribution is 2.19. The van der Waals surface area contributed by atoms with Gasteiger partial charge in [0.15, 0.2) is 0 Å². The van der Waals surface area contributed by atoms with Crippen molar-refractivity contribution < 1.29 is 9.53 Å².